The fourth-order valence-corrected chi connectivity index (χ4v) is 2.69. The third kappa shape index (κ3) is 1.09. The first-order valence-electron chi connectivity index (χ1n) is 3.52. The molecule has 2 rings (SSSR count). The van der Waals surface area contributed by atoms with Gasteiger partial charge in [0.2, 0.25) is 0 Å². The van der Waals surface area contributed by atoms with Gasteiger partial charge in [-0.15, -0.1) is 11.8 Å². The first-order chi connectivity index (χ1) is 4.47. The molecule has 3 heteroatoms. The predicted molar refractivity (Wildman–Crippen MR) is 40.7 cm³/mol. The third-order valence-corrected chi connectivity index (χ3v) is 3.41. The molecule has 2 aliphatic rings. The molecule has 0 aromatic heterocycles. The van der Waals surface area contributed by atoms with Gasteiger partial charge in [0.1, 0.15) is 0 Å². The molecule has 2 heterocycles. The SMILES string of the molecule is C1CC2SCNCC2N1. The van der Waals surface area contributed by atoms with Crippen molar-refractivity contribution >= 4 is 11.8 Å². The summed E-state index contributed by atoms with van der Waals surface area (Å²) in [5, 5.41) is 7.74. The largest absolute Gasteiger partial charge is 0.312 e. The van der Waals surface area contributed by atoms with Crippen LogP contribution in [0.4, 0.5) is 0 Å². The van der Waals surface area contributed by atoms with Crippen LogP contribution < -0.4 is 10.6 Å². The molecule has 0 spiro atoms. The molecule has 0 bridgehead atoms. The minimum absolute atomic E-state index is 0.767. The molecular formula is C6H12N2S. The summed E-state index contributed by atoms with van der Waals surface area (Å²) in [6.45, 7) is 2.40. The van der Waals surface area contributed by atoms with Crippen molar-refractivity contribution in [1.82, 2.24) is 10.6 Å². The van der Waals surface area contributed by atoms with Crippen LogP contribution in [0.15, 0.2) is 0 Å². The molecule has 2 nitrogen and oxygen atoms in total. The van der Waals surface area contributed by atoms with E-state index in [0.29, 0.717) is 0 Å². The molecular weight excluding hydrogens is 132 g/mol. The molecule has 2 saturated heterocycles. The second-order valence-electron chi connectivity index (χ2n) is 2.65. The van der Waals surface area contributed by atoms with Gasteiger partial charge in [0.05, 0.1) is 0 Å². The average Bonchev–Trinajstić information content (AvgIpc) is 2.33. The van der Waals surface area contributed by atoms with Crippen LogP contribution in [0.3, 0.4) is 0 Å². The second kappa shape index (κ2) is 2.48. The van der Waals surface area contributed by atoms with E-state index in [2.05, 4.69) is 22.4 Å². The van der Waals surface area contributed by atoms with Gasteiger partial charge < -0.3 is 10.6 Å². The maximum atomic E-state index is 3.48. The second-order valence-corrected chi connectivity index (χ2v) is 3.88. The average molecular weight is 144 g/mol. The van der Waals surface area contributed by atoms with Crippen LogP contribution in [-0.4, -0.2) is 30.3 Å². The standard InChI is InChI=1S/C6H12N2S/c1-2-8-5-3-7-4-9-6(1)5/h5-8H,1-4H2. The number of hydrogen-bond acceptors (Lipinski definition) is 3. The van der Waals surface area contributed by atoms with Crippen molar-refractivity contribution in [3.63, 3.8) is 0 Å². The highest BCUT2D eigenvalue weighted by Gasteiger charge is 2.28. The van der Waals surface area contributed by atoms with E-state index in [1.807, 2.05) is 0 Å². The number of fused-ring (bicyclic) bond motifs is 1. The van der Waals surface area contributed by atoms with Crippen molar-refractivity contribution in [2.45, 2.75) is 17.7 Å². The lowest BCUT2D eigenvalue weighted by atomic mass is 10.2. The summed E-state index contributed by atoms with van der Waals surface area (Å²) < 4.78 is 0. The first-order valence-corrected chi connectivity index (χ1v) is 4.57. The number of hydrogen-bond donors (Lipinski definition) is 2. The molecule has 52 valence electrons. The Morgan fingerprint density at radius 2 is 2.44 bits per heavy atom. The molecule has 0 aliphatic carbocycles. The molecule has 2 aliphatic heterocycles. The van der Waals surface area contributed by atoms with Crippen molar-refractivity contribution in [3.05, 3.63) is 0 Å². The van der Waals surface area contributed by atoms with Gasteiger partial charge >= 0.3 is 0 Å². The molecule has 0 aromatic rings. The van der Waals surface area contributed by atoms with Gasteiger partial charge in [-0.1, -0.05) is 0 Å². The van der Waals surface area contributed by atoms with Crippen LogP contribution in [0.2, 0.25) is 0 Å². The van der Waals surface area contributed by atoms with Crippen molar-refractivity contribution in [2.75, 3.05) is 19.0 Å². The highest BCUT2D eigenvalue weighted by molar-refractivity contribution is 7.99. The summed E-state index contributed by atoms with van der Waals surface area (Å²) in [7, 11) is 0. The summed E-state index contributed by atoms with van der Waals surface area (Å²) in [5.74, 6) is 1.16. The Bertz CT molecular complexity index is 95.2. The molecule has 0 radical (unpaired) electrons. The number of thioether (sulfide) groups is 1. The van der Waals surface area contributed by atoms with Crippen LogP contribution in [0.5, 0.6) is 0 Å². The summed E-state index contributed by atoms with van der Waals surface area (Å²) >= 11 is 2.06. The maximum absolute atomic E-state index is 3.48. The predicted octanol–water partition coefficient (Wildman–Crippen LogP) is 0.0108. The summed E-state index contributed by atoms with van der Waals surface area (Å²) in [6, 6.07) is 0.767. The Balaban J connectivity index is 1.97. The Kier molecular flexibility index (Phi) is 1.66. The lowest BCUT2D eigenvalue weighted by Gasteiger charge is -2.24. The summed E-state index contributed by atoms with van der Waals surface area (Å²) in [5.41, 5.74) is 0. The van der Waals surface area contributed by atoms with Crippen LogP contribution in [0.1, 0.15) is 6.42 Å². The Labute approximate surface area is 59.8 Å². The minimum atomic E-state index is 0.767. The molecule has 0 aromatic carbocycles. The van der Waals surface area contributed by atoms with Gasteiger partial charge in [-0.3, -0.25) is 0 Å². The van der Waals surface area contributed by atoms with Gasteiger partial charge in [0.15, 0.2) is 0 Å². The fourth-order valence-electron chi connectivity index (χ4n) is 1.53. The molecule has 2 fully saturated rings. The third-order valence-electron chi connectivity index (χ3n) is 2.05. The van der Waals surface area contributed by atoms with Crippen LogP contribution >= 0.6 is 11.8 Å². The molecule has 0 saturated carbocycles. The summed E-state index contributed by atoms with van der Waals surface area (Å²) in [4.78, 5) is 0. The summed E-state index contributed by atoms with van der Waals surface area (Å²) in [6.07, 6.45) is 1.37. The Morgan fingerprint density at radius 1 is 1.44 bits per heavy atom. The van der Waals surface area contributed by atoms with Gasteiger partial charge in [0.25, 0.3) is 0 Å². The zero-order chi connectivity index (χ0) is 6.10. The lowest BCUT2D eigenvalue weighted by Crippen LogP contribution is -2.43. The van der Waals surface area contributed by atoms with Crippen molar-refractivity contribution in [1.29, 1.82) is 0 Å². The molecule has 9 heavy (non-hydrogen) atoms. The van der Waals surface area contributed by atoms with Crippen molar-refractivity contribution in [2.24, 2.45) is 0 Å². The van der Waals surface area contributed by atoms with E-state index in [9.17, 15) is 0 Å². The normalized spacial score (nSPS) is 42.7. The van der Waals surface area contributed by atoms with Gasteiger partial charge in [-0.2, -0.15) is 0 Å². The van der Waals surface area contributed by atoms with E-state index in [1.54, 1.807) is 0 Å². The molecule has 2 atom stereocenters. The first kappa shape index (κ1) is 6.01. The van der Waals surface area contributed by atoms with E-state index in [4.69, 9.17) is 0 Å². The fraction of sp³-hybridized carbons (Fsp3) is 1.00. The van der Waals surface area contributed by atoms with Crippen molar-refractivity contribution < 1.29 is 0 Å². The molecule has 2 unspecified atom stereocenters. The molecule has 0 amide bonds. The van der Waals surface area contributed by atoms with Gasteiger partial charge in [-0.05, 0) is 13.0 Å². The Hall–Kier alpha value is 0.270. The zero-order valence-corrected chi connectivity index (χ0v) is 6.21. The topological polar surface area (TPSA) is 24.1 Å². The van der Waals surface area contributed by atoms with Crippen LogP contribution in [0.25, 0.3) is 0 Å². The monoisotopic (exact) mass is 144 g/mol. The lowest BCUT2D eigenvalue weighted by molar-refractivity contribution is 0.554. The van der Waals surface area contributed by atoms with E-state index >= 15 is 0 Å². The highest BCUT2D eigenvalue weighted by atomic mass is 32.2. The quantitative estimate of drug-likeness (QED) is 0.501. The van der Waals surface area contributed by atoms with Crippen LogP contribution in [-0.2, 0) is 0 Å². The van der Waals surface area contributed by atoms with Crippen molar-refractivity contribution in [3.8, 4) is 0 Å². The van der Waals surface area contributed by atoms with E-state index < -0.39 is 0 Å². The van der Waals surface area contributed by atoms with Gasteiger partial charge in [0, 0.05) is 23.7 Å². The number of rotatable bonds is 0. The Morgan fingerprint density at radius 3 is 3.33 bits per heavy atom. The maximum Gasteiger partial charge on any atom is 0.0421 e. The highest BCUT2D eigenvalue weighted by Crippen LogP contribution is 2.24. The minimum Gasteiger partial charge on any atom is -0.312 e. The smallest absolute Gasteiger partial charge is 0.0421 e. The zero-order valence-electron chi connectivity index (χ0n) is 5.39. The number of nitrogens with one attached hydrogen (secondary N) is 2. The van der Waals surface area contributed by atoms with Crippen LogP contribution in [0, 0.1) is 0 Å². The van der Waals surface area contributed by atoms with Gasteiger partial charge in [-0.25, -0.2) is 0 Å². The van der Waals surface area contributed by atoms with E-state index in [1.165, 1.54) is 19.5 Å². The molecule has 2 N–H and O–H groups in total. The van der Waals surface area contributed by atoms with E-state index in [0.717, 1.165) is 17.2 Å². The van der Waals surface area contributed by atoms with E-state index in [-0.39, 0.29) is 0 Å².